The first-order valence-corrected chi connectivity index (χ1v) is 6.05. The summed E-state index contributed by atoms with van der Waals surface area (Å²) in [5.41, 5.74) is 1.15. The van der Waals surface area contributed by atoms with Crippen LogP contribution in [0.2, 0.25) is 0 Å². The van der Waals surface area contributed by atoms with Crippen LogP contribution in [0.5, 0.6) is 5.75 Å². The second-order valence-corrected chi connectivity index (χ2v) is 4.42. The highest BCUT2D eigenvalue weighted by Gasteiger charge is 2.18. The van der Waals surface area contributed by atoms with Crippen molar-refractivity contribution in [2.45, 2.75) is 0 Å². The standard InChI is InChI=1S/C13H11FO3S/c1-16-11-4-3-8(14)7-10(11)9-5-6-18-12(9)13(15)17-2/h3-7H,1-2H3. The van der Waals surface area contributed by atoms with Crippen LogP contribution in [0.15, 0.2) is 29.6 Å². The van der Waals surface area contributed by atoms with E-state index >= 15 is 0 Å². The van der Waals surface area contributed by atoms with Gasteiger partial charge in [-0.3, -0.25) is 0 Å². The first-order valence-electron chi connectivity index (χ1n) is 5.17. The summed E-state index contributed by atoms with van der Waals surface area (Å²) in [5.74, 6) is -0.306. The Morgan fingerprint density at radius 3 is 2.67 bits per heavy atom. The number of benzene rings is 1. The van der Waals surface area contributed by atoms with E-state index in [1.807, 2.05) is 0 Å². The second-order valence-electron chi connectivity index (χ2n) is 3.50. The Bertz CT molecular complexity index is 577. The molecule has 0 spiro atoms. The summed E-state index contributed by atoms with van der Waals surface area (Å²) in [6.45, 7) is 0. The van der Waals surface area contributed by atoms with Gasteiger partial charge in [0, 0.05) is 11.1 Å². The van der Waals surface area contributed by atoms with E-state index in [1.54, 1.807) is 11.4 Å². The predicted octanol–water partition coefficient (Wildman–Crippen LogP) is 3.35. The van der Waals surface area contributed by atoms with E-state index in [1.165, 1.54) is 43.8 Å². The molecule has 0 N–H and O–H groups in total. The van der Waals surface area contributed by atoms with Gasteiger partial charge in [-0.25, -0.2) is 9.18 Å². The minimum atomic E-state index is -0.439. The number of carbonyl (C=O) groups is 1. The van der Waals surface area contributed by atoms with Crippen LogP contribution in [0.4, 0.5) is 4.39 Å². The number of ether oxygens (including phenoxy) is 2. The van der Waals surface area contributed by atoms with Crippen molar-refractivity contribution in [1.29, 1.82) is 0 Å². The molecule has 3 nitrogen and oxygen atoms in total. The zero-order valence-electron chi connectivity index (χ0n) is 9.90. The van der Waals surface area contributed by atoms with Crippen LogP contribution >= 0.6 is 11.3 Å². The second kappa shape index (κ2) is 5.18. The summed E-state index contributed by atoms with van der Waals surface area (Å²) in [6.07, 6.45) is 0. The lowest BCUT2D eigenvalue weighted by Gasteiger charge is -2.08. The average molecular weight is 266 g/mol. The molecule has 0 radical (unpaired) electrons. The summed E-state index contributed by atoms with van der Waals surface area (Å²) < 4.78 is 23.2. The van der Waals surface area contributed by atoms with Gasteiger partial charge in [0.2, 0.25) is 0 Å². The van der Waals surface area contributed by atoms with E-state index in [-0.39, 0.29) is 5.82 Å². The highest BCUT2D eigenvalue weighted by molar-refractivity contribution is 7.12. The molecular formula is C13H11FO3S. The maximum atomic E-state index is 13.3. The summed E-state index contributed by atoms with van der Waals surface area (Å²) >= 11 is 1.25. The molecule has 5 heteroatoms. The van der Waals surface area contributed by atoms with E-state index in [0.29, 0.717) is 21.8 Å². The minimum absolute atomic E-state index is 0.382. The lowest BCUT2D eigenvalue weighted by atomic mass is 10.1. The molecule has 0 aliphatic rings. The molecule has 0 atom stereocenters. The fourth-order valence-electron chi connectivity index (χ4n) is 1.66. The van der Waals surface area contributed by atoms with Gasteiger partial charge in [-0.15, -0.1) is 11.3 Å². The Labute approximate surface area is 108 Å². The van der Waals surface area contributed by atoms with Crippen LogP contribution in [0, 0.1) is 5.82 Å². The van der Waals surface area contributed by atoms with E-state index in [2.05, 4.69) is 0 Å². The Hall–Kier alpha value is -1.88. The van der Waals surface area contributed by atoms with Crippen LogP contribution in [-0.4, -0.2) is 20.2 Å². The van der Waals surface area contributed by atoms with Crippen molar-refractivity contribution < 1.29 is 18.7 Å². The maximum absolute atomic E-state index is 13.3. The number of halogens is 1. The molecule has 0 bridgehead atoms. The third-order valence-corrected chi connectivity index (χ3v) is 3.38. The number of methoxy groups -OCH3 is 2. The largest absolute Gasteiger partial charge is 0.496 e. The van der Waals surface area contributed by atoms with Crippen molar-refractivity contribution in [3.8, 4) is 16.9 Å². The van der Waals surface area contributed by atoms with Crippen LogP contribution in [0.25, 0.3) is 11.1 Å². The van der Waals surface area contributed by atoms with Crippen LogP contribution in [0.1, 0.15) is 9.67 Å². The fraction of sp³-hybridized carbons (Fsp3) is 0.154. The van der Waals surface area contributed by atoms with E-state index in [4.69, 9.17) is 9.47 Å². The summed E-state index contributed by atoms with van der Waals surface area (Å²) in [5, 5.41) is 1.76. The van der Waals surface area contributed by atoms with Crippen molar-refractivity contribution in [3.05, 3.63) is 40.3 Å². The molecule has 2 rings (SSSR count). The van der Waals surface area contributed by atoms with Gasteiger partial charge in [-0.05, 0) is 29.6 Å². The van der Waals surface area contributed by atoms with Gasteiger partial charge >= 0.3 is 5.97 Å². The van der Waals surface area contributed by atoms with Gasteiger partial charge < -0.3 is 9.47 Å². The van der Waals surface area contributed by atoms with Crippen molar-refractivity contribution in [2.75, 3.05) is 14.2 Å². The highest BCUT2D eigenvalue weighted by atomic mass is 32.1. The number of hydrogen-bond donors (Lipinski definition) is 0. The van der Waals surface area contributed by atoms with Gasteiger partial charge in [-0.2, -0.15) is 0 Å². The van der Waals surface area contributed by atoms with Crippen molar-refractivity contribution in [1.82, 2.24) is 0 Å². The van der Waals surface area contributed by atoms with Crippen molar-refractivity contribution >= 4 is 17.3 Å². The molecule has 0 saturated heterocycles. The number of esters is 1. The monoisotopic (exact) mass is 266 g/mol. The van der Waals surface area contributed by atoms with Crippen molar-refractivity contribution in [3.63, 3.8) is 0 Å². The molecule has 94 valence electrons. The van der Waals surface area contributed by atoms with Crippen LogP contribution in [-0.2, 0) is 4.74 Å². The number of carbonyl (C=O) groups excluding carboxylic acids is 1. The molecule has 0 saturated carbocycles. The van der Waals surface area contributed by atoms with E-state index in [9.17, 15) is 9.18 Å². The summed E-state index contributed by atoms with van der Waals surface area (Å²) in [6, 6.07) is 5.93. The highest BCUT2D eigenvalue weighted by Crippen LogP contribution is 2.35. The molecule has 0 amide bonds. The quantitative estimate of drug-likeness (QED) is 0.799. The molecule has 0 unspecified atom stereocenters. The van der Waals surface area contributed by atoms with Crippen LogP contribution in [0.3, 0.4) is 0 Å². The molecule has 2 aromatic rings. The summed E-state index contributed by atoms with van der Waals surface area (Å²) in [4.78, 5) is 12.0. The lowest BCUT2D eigenvalue weighted by molar-refractivity contribution is 0.0607. The Kier molecular flexibility index (Phi) is 3.62. The molecule has 1 aromatic carbocycles. The SMILES string of the molecule is COC(=O)c1sccc1-c1cc(F)ccc1OC. The number of rotatable bonds is 3. The topological polar surface area (TPSA) is 35.5 Å². The predicted molar refractivity (Wildman–Crippen MR) is 67.6 cm³/mol. The molecule has 18 heavy (non-hydrogen) atoms. The van der Waals surface area contributed by atoms with E-state index < -0.39 is 5.97 Å². The number of hydrogen-bond acceptors (Lipinski definition) is 4. The third kappa shape index (κ3) is 2.22. The average Bonchev–Trinajstić information content (AvgIpc) is 2.86. The fourth-order valence-corrected chi connectivity index (χ4v) is 2.49. The zero-order valence-corrected chi connectivity index (χ0v) is 10.7. The lowest BCUT2D eigenvalue weighted by Crippen LogP contribution is -2.00. The van der Waals surface area contributed by atoms with Crippen molar-refractivity contribution in [2.24, 2.45) is 0 Å². The third-order valence-electron chi connectivity index (χ3n) is 2.49. The van der Waals surface area contributed by atoms with Gasteiger partial charge in [-0.1, -0.05) is 0 Å². The van der Waals surface area contributed by atoms with Gasteiger partial charge in [0.05, 0.1) is 14.2 Å². The Morgan fingerprint density at radius 2 is 2.00 bits per heavy atom. The first kappa shape index (κ1) is 12.6. The Morgan fingerprint density at radius 1 is 1.22 bits per heavy atom. The summed E-state index contributed by atoms with van der Waals surface area (Å²) in [7, 11) is 2.82. The molecular weight excluding hydrogens is 255 g/mol. The maximum Gasteiger partial charge on any atom is 0.348 e. The van der Waals surface area contributed by atoms with Gasteiger partial charge in [0.1, 0.15) is 16.4 Å². The molecule has 0 aliphatic heterocycles. The first-order chi connectivity index (χ1) is 8.67. The number of thiophene rings is 1. The van der Waals surface area contributed by atoms with E-state index in [0.717, 1.165) is 0 Å². The van der Waals surface area contributed by atoms with Crippen LogP contribution < -0.4 is 4.74 Å². The normalized spacial score (nSPS) is 10.2. The molecule has 1 heterocycles. The minimum Gasteiger partial charge on any atom is -0.496 e. The molecule has 1 aromatic heterocycles. The molecule has 0 aliphatic carbocycles. The molecule has 0 fully saturated rings. The Balaban J connectivity index is 2.58. The van der Waals surface area contributed by atoms with Gasteiger partial charge in [0.25, 0.3) is 0 Å². The smallest absolute Gasteiger partial charge is 0.348 e. The zero-order chi connectivity index (χ0) is 13.1. The van der Waals surface area contributed by atoms with Gasteiger partial charge in [0.15, 0.2) is 0 Å².